The van der Waals surface area contributed by atoms with Crippen molar-refractivity contribution < 1.29 is 4.79 Å². The first kappa shape index (κ1) is 16.5. The maximum absolute atomic E-state index is 12.0. The van der Waals surface area contributed by atoms with Crippen LogP contribution in [0, 0.1) is 0 Å². The van der Waals surface area contributed by atoms with Crippen LogP contribution in [0.4, 0.5) is 0 Å². The van der Waals surface area contributed by atoms with Crippen molar-refractivity contribution in [2.45, 2.75) is 13.0 Å². The highest BCUT2D eigenvalue weighted by atomic mass is 35.5. The van der Waals surface area contributed by atoms with E-state index in [1.165, 1.54) is 0 Å². The van der Waals surface area contributed by atoms with E-state index in [0.29, 0.717) is 16.7 Å². The molecule has 5 heteroatoms. The van der Waals surface area contributed by atoms with Gasteiger partial charge in [-0.2, -0.15) is 0 Å². The van der Waals surface area contributed by atoms with Crippen molar-refractivity contribution in [1.82, 2.24) is 10.2 Å². The van der Waals surface area contributed by atoms with Crippen LogP contribution in [0.25, 0.3) is 0 Å². The lowest BCUT2D eigenvalue weighted by Crippen LogP contribution is -2.40. The fourth-order valence-electron chi connectivity index (χ4n) is 1.98. The zero-order chi connectivity index (χ0) is 15.9. The zero-order valence-electron chi connectivity index (χ0n) is 12.3. The fourth-order valence-corrected chi connectivity index (χ4v) is 2.28. The van der Waals surface area contributed by atoms with Crippen molar-refractivity contribution in [3.8, 4) is 0 Å². The topological polar surface area (TPSA) is 32.3 Å². The molecular weight excluding hydrogens is 316 g/mol. The summed E-state index contributed by atoms with van der Waals surface area (Å²) in [5, 5.41) is 3.82. The van der Waals surface area contributed by atoms with E-state index in [1.807, 2.05) is 54.4 Å². The number of thiocarbonyl (C=S) groups is 1. The molecule has 0 saturated carbocycles. The lowest BCUT2D eigenvalue weighted by Gasteiger charge is -2.20. The first-order valence-electron chi connectivity index (χ1n) is 6.88. The zero-order valence-corrected chi connectivity index (χ0v) is 13.8. The summed E-state index contributed by atoms with van der Waals surface area (Å²) in [6.07, 6.45) is 0.274. The maximum Gasteiger partial charge on any atom is 0.230 e. The summed E-state index contributed by atoms with van der Waals surface area (Å²) < 4.78 is 0. The SMILES string of the molecule is CN(Cc1ccccc1)C(=S)NC(=O)Cc1ccc(Cl)cc1. The van der Waals surface area contributed by atoms with Crippen LogP contribution in [0.5, 0.6) is 0 Å². The highest BCUT2D eigenvalue weighted by Crippen LogP contribution is 2.10. The second-order valence-electron chi connectivity index (χ2n) is 5.00. The first-order chi connectivity index (χ1) is 10.5. The number of rotatable bonds is 4. The third-order valence-corrected chi connectivity index (χ3v) is 3.80. The molecule has 0 fully saturated rings. The minimum Gasteiger partial charge on any atom is -0.348 e. The van der Waals surface area contributed by atoms with Gasteiger partial charge in [-0.1, -0.05) is 54.1 Å². The average molecular weight is 333 g/mol. The van der Waals surface area contributed by atoms with Gasteiger partial charge in [-0.05, 0) is 35.5 Å². The normalized spacial score (nSPS) is 10.1. The van der Waals surface area contributed by atoms with E-state index in [9.17, 15) is 4.79 Å². The van der Waals surface area contributed by atoms with Gasteiger partial charge in [0.25, 0.3) is 0 Å². The summed E-state index contributed by atoms with van der Waals surface area (Å²) in [5.41, 5.74) is 2.04. The molecule has 2 rings (SSSR count). The number of nitrogens with one attached hydrogen (secondary N) is 1. The standard InChI is InChI=1S/C17H17ClN2OS/c1-20(12-14-5-3-2-4-6-14)17(22)19-16(21)11-13-7-9-15(18)10-8-13/h2-10H,11-12H2,1H3,(H,19,21,22). The average Bonchev–Trinajstić information content (AvgIpc) is 2.50. The third kappa shape index (κ3) is 5.13. The maximum atomic E-state index is 12.0. The summed E-state index contributed by atoms with van der Waals surface area (Å²) in [4.78, 5) is 13.8. The summed E-state index contributed by atoms with van der Waals surface area (Å²) in [6, 6.07) is 17.2. The minimum absolute atomic E-state index is 0.132. The number of amides is 1. The van der Waals surface area contributed by atoms with Gasteiger partial charge in [0.15, 0.2) is 5.11 Å². The highest BCUT2D eigenvalue weighted by molar-refractivity contribution is 7.80. The number of benzene rings is 2. The van der Waals surface area contributed by atoms with Crippen LogP contribution in [0.15, 0.2) is 54.6 Å². The van der Waals surface area contributed by atoms with Gasteiger partial charge in [-0.25, -0.2) is 0 Å². The Morgan fingerprint density at radius 2 is 1.73 bits per heavy atom. The fraction of sp³-hybridized carbons (Fsp3) is 0.176. The molecule has 114 valence electrons. The van der Waals surface area contributed by atoms with Crippen molar-refractivity contribution in [1.29, 1.82) is 0 Å². The Hall–Kier alpha value is -1.91. The Bertz CT molecular complexity index is 643. The van der Waals surface area contributed by atoms with Crippen molar-refractivity contribution in [2.75, 3.05) is 7.05 Å². The molecule has 0 aliphatic carbocycles. The summed E-state index contributed by atoms with van der Waals surface area (Å²) >= 11 is 11.1. The highest BCUT2D eigenvalue weighted by Gasteiger charge is 2.10. The first-order valence-corrected chi connectivity index (χ1v) is 7.66. The molecule has 0 bridgehead atoms. The van der Waals surface area contributed by atoms with Crippen LogP contribution < -0.4 is 5.32 Å². The van der Waals surface area contributed by atoms with Gasteiger partial charge in [-0.15, -0.1) is 0 Å². The molecule has 0 saturated heterocycles. The molecule has 0 spiro atoms. The van der Waals surface area contributed by atoms with Gasteiger partial charge in [0.05, 0.1) is 6.42 Å². The van der Waals surface area contributed by atoms with Crippen LogP contribution in [-0.4, -0.2) is 23.0 Å². The van der Waals surface area contributed by atoms with Crippen molar-refractivity contribution in [3.63, 3.8) is 0 Å². The van der Waals surface area contributed by atoms with E-state index >= 15 is 0 Å². The quantitative estimate of drug-likeness (QED) is 0.871. The van der Waals surface area contributed by atoms with Crippen molar-refractivity contribution in [2.24, 2.45) is 0 Å². The second-order valence-corrected chi connectivity index (χ2v) is 5.82. The summed E-state index contributed by atoms with van der Waals surface area (Å²) in [7, 11) is 1.86. The van der Waals surface area contributed by atoms with E-state index in [2.05, 4.69) is 5.32 Å². The second kappa shape index (κ2) is 7.92. The van der Waals surface area contributed by atoms with E-state index in [0.717, 1.165) is 11.1 Å². The molecule has 1 amide bonds. The van der Waals surface area contributed by atoms with E-state index in [4.69, 9.17) is 23.8 Å². The number of halogens is 1. The molecule has 0 aliphatic heterocycles. The Morgan fingerprint density at radius 1 is 1.09 bits per heavy atom. The number of hydrogen-bond donors (Lipinski definition) is 1. The Balaban J connectivity index is 1.85. The lowest BCUT2D eigenvalue weighted by molar-refractivity contribution is -0.119. The molecule has 22 heavy (non-hydrogen) atoms. The molecule has 2 aromatic carbocycles. The third-order valence-electron chi connectivity index (χ3n) is 3.13. The molecular formula is C17H17ClN2OS. The monoisotopic (exact) mass is 332 g/mol. The smallest absolute Gasteiger partial charge is 0.230 e. The molecule has 0 atom stereocenters. The predicted octanol–water partition coefficient (Wildman–Crippen LogP) is 3.42. The predicted molar refractivity (Wildman–Crippen MR) is 93.8 cm³/mol. The Labute approximate surface area is 140 Å². The van der Waals surface area contributed by atoms with Crippen LogP contribution in [0.1, 0.15) is 11.1 Å². The summed E-state index contributed by atoms with van der Waals surface area (Å²) in [6.45, 7) is 0.654. The number of carbonyl (C=O) groups is 1. The van der Waals surface area contributed by atoms with E-state index in [1.54, 1.807) is 12.1 Å². The van der Waals surface area contributed by atoms with Crippen LogP contribution in [0.2, 0.25) is 5.02 Å². The van der Waals surface area contributed by atoms with Crippen LogP contribution >= 0.6 is 23.8 Å². The summed E-state index contributed by atoms with van der Waals surface area (Å²) in [5.74, 6) is -0.132. The lowest BCUT2D eigenvalue weighted by atomic mass is 10.1. The van der Waals surface area contributed by atoms with Crippen molar-refractivity contribution >= 4 is 34.8 Å². The van der Waals surface area contributed by atoms with E-state index < -0.39 is 0 Å². The van der Waals surface area contributed by atoms with Gasteiger partial charge >= 0.3 is 0 Å². The Morgan fingerprint density at radius 3 is 2.36 bits per heavy atom. The van der Waals surface area contributed by atoms with Crippen molar-refractivity contribution in [3.05, 3.63) is 70.7 Å². The molecule has 2 aromatic rings. The van der Waals surface area contributed by atoms with Gasteiger partial charge in [0, 0.05) is 18.6 Å². The number of hydrogen-bond acceptors (Lipinski definition) is 2. The Kier molecular flexibility index (Phi) is 5.92. The minimum atomic E-state index is -0.132. The van der Waals surface area contributed by atoms with Gasteiger partial charge in [0.2, 0.25) is 5.91 Å². The molecule has 0 radical (unpaired) electrons. The van der Waals surface area contributed by atoms with Crippen LogP contribution in [0.3, 0.4) is 0 Å². The van der Waals surface area contributed by atoms with Gasteiger partial charge in [-0.3, -0.25) is 4.79 Å². The number of carbonyl (C=O) groups excluding carboxylic acids is 1. The van der Waals surface area contributed by atoms with Gasteiger partial charge < -0.3 is 10.2 Å². The molecule has 0 aliphatic rings. The largest absolute Gasteiger partial charge is 0.348 e. The van der Waals surface area contributed by atoms with E-state index in [-0.39, 0.29) is 12.3 Å². The molecule has 1 N–H and O–H groups in total. The molecule has 0 aromatic heterocycles. The molecule has 0 heterocycles. The van der Waals surface area contributed by atoms with Gasteiger partial charge in [0.1, 0.15) is 0 Å². The number of nitrogens with zero attached hydrogens (tertiary/aromatic N) is 1. The molecule has 3 nitrogen and oxygen atoms in total. The van der Waals surface area contributed by atoms with Crippen LogP contribution in [-0.2, 0) is 17.8 Å². The molecule has 0 unspecified atom stereocenters.